The Bertz CT molecular complexity index is 1010. The van der Waals surface area contributed by atoms with Gasteiger partial charge in [-0.2, -0.15) is 0 Å². The first-order valence-corrected chi connectivity index (χ1v) is 14.6. The van der Waals surface area contributed by atoms with Gasteiger partial charge < -0.3 is 15.1 Å². The lowest BCUT2D eigenvalue weighted by atomic mass is 9.89. The molecule has 2 fully saturated rings. The molecule has 0 radical (unpaired) electrons. The zero-order valence-corrected chi connectivity index (χ0v) is 22.9. The Kier molecular flexibility index (Phi) is 10.0. The van der Waals surface area contributed by atoms with Gasteiger partial charge in [-0.05, 0) is 81.0 Å². The van der Waals surface area contributed by atoms with E-state index in [0.717, 1.165) is 101 Å². The molecule has 2 aliphatic rings. The maximum atomic E-state index is 13.7. The average Bonchev–Trinajstić information content (AvgIpc) is 2.94. The summed E-state index contributed by atoms with van der Waals surface area (Å²) in [7, 11) is 0. The van der Waals surface area contributed by atoms with Crippen molar-refractivity contribution in [3.8, 4) is 0 Å². The number of likely N-dealkylation sites (tertiary alicyclic amines) is 1. The Morgan fingerprint density at radius 1 is 0.946 bits per heavy atom. The fraction of sp³-hybridized carbons (Fsp3) is 0.562. The van der Waals surface area contributed by atoms with Gasteiger partial charge in [0.25, 0.3) is 5.91 Å². The van der Waals surface area contributed by atoms with Gasteiger partial charge in [0.2, 0.25) is 5.91 Å². The summed E-state index contributed by atoms with van der Waals surface area (Å²) in [5.41, 5.74) is 3.90. The van der Waals surface area contributed by atoms with E-state index in [4.69, 9.17) is 0 Å². The average molecular weight is 504 g/mol. The third-order valence-electron chi connectivity index (χ3n) is 8.23. The maximum absolute atomic E-state index is 13.7. The molecule has 2 aromatic carbocycles. The number of piperidine rings is 2. The number of amides is 2. The van der Waals surface area contributed by atoms with E-state index in [1.807, 2.05) is 17.0 Å². The normalized spacial score (nSPS) is 17.5. The highest BCUT2D eigenvalue weighted by molar-refractivity contribution is 6.02. The van der Waals surface area contributed by atoms with Crippen molar-refractivity contribution in [3.05, 3.63) is 59.7 Å². The summed E-state index contributed by atoms with van der Waals surface area (Å²) in [6.45, 7) is 7.80. The number of carbonyl (C=O) groups is 2. The molecule has 0 aromatic heterocycles. The number of carbonyl (C=O) groups excluding carboxylic acids is 2. The summed E-state index contributed by atoms with van der Waals surface area (Å²) in [5, 5.41) is 3.14. The van der Waals surface area contributed by atoms with Gasteiger partial charge in [0.15, 0.2) is 0 Å². The van der Waals surface area contributed by atoms with Crippen LogP contribution in [0.5, 0.6) is 0 Å². The standard InChI is InChI=1S/C32H45N3O2/c1-3-5-14-27(4-2)31(36)33-28-15-16-30(29(24-28)32(37)35-19-10-7-11-20-35)34-21-17-26(18-22-34)23-25-12-8-6-9-13-25/h6,8-9,12-13,15-16,24,26-27H,3-5,7,10-11,14,17-23H2,1-2H3,(H,33,36). The second-order valence-electron chi connectivity index (χ2n) is 10.9. The number of anilines is 2. The molecule has 200 valence electrons. The Labute approximate surface area is 223 Å². The number of nitrogens with one attached hydrogen (secondary N) is 1. The lowest BCUT2D eigenvalue weighted by Gasteiger charge is -2.36. The second kappa shape index (κ2) is 13.6. The number of hydrogen-bond donors (Lipinski definition) is 1. The quantitative estimate of drug-likeness (QED) is 0.383. The molecule has 2 heterocycles. The van der Waals surface area contributed by atoms with Crippen LogP contribution in [-0.2, 0) is 11.2 Å². The zero-order valence-electron chi connectivity index (χ0n) is 22.9. The summed E-state index contributed by atoms with van der Waals surface area (Å²) in [6.07, 6.45) is 10.6. The molecule has 0 aliphatic carbocycles. The van der Waals surface area contributed by atoms with E-state index in [0.29, 0.717) is 5.92 Å². The topological polar surface area (TPSA) is 52.7 Å². The predicted octanol–water partition coefficient (Wildman–Crippen LogP) is 6.93. The molecule has 5 heteroatoms. The molecule has 2 aliphatic heterocycles. The minimum atomic E-state index is 0.0181. The van der Waals surface area contributed by atoms with Gasteiger partial charge in [-0.25, -0.2) is 0 Å². The van der Waals surface area contributed by atoms with Crippen LogP contribution in [0.25, 0.3) is 0 Å². The Morgan fingerprint density at radius 3 is 2.35 bits per heavy atom. The van der Waals surface area contributed by atoms with Crippen molar-refractivity contribution in [3.63, 3.8) is 0 Å². The Balaban J connectivity index is 1.50. The van der Waals surface area contributed by atoms with Crippen molar-refractivity contribution in [2.45, 2.75) is 78.1 Å². The minimum absolute atomic E-state index is 0.0181. The van der Waals surface area contributed by atoms with Gasteiger partial charge in [-0.3, -0.25) is 9.59 Å². The van der Waals surface area contributed by atoms with Crippen LogP contribution in [0, 0.1) is 11.8 Å². The summed E-state index contributed by atoms with van der Waals surface area (Å²) in [6, 6.07) is 16.8. The molecule has 1 atom stereocenters. The number of nitrogens with zero attached hydrogens (tertiary/aromatic N) is 2. The Morgan fingerprint density at radius 2 is 1.68 bits per heavy atom. The van der Waals surface area contributed by atoms with E-state index in [1.165, 1.54) is 12.0 Å². The molecule has 1 N–H and O–H groups in total. The first-order valence-electron chi connectivity index (χ1n) is 14.6. The van der Waals surface area contributed by atoms with Gasteiger partial charge in [0.1, 0.15) is 0 Å². The summed E-state index contributed by atoms with van der Waals surface area (Å²) < 4.78 is 0. The molecule has 1 unspecified atom stereocenters. The third-order valence-corrected chi connectivity index (χ3v) is 8.23. The van der Waals surface area contributed by atoms with Gasteiger partial charge >= 0.3 is 0 Å². The lowest BCUT2D eigenvalue weighted by molar-refractivity contribution is -0.120. The van der Waals surface area contributed by atoms with Crippen LogP contribution in [0.3, 0.4) is 0 Å². The first-order chi connectivity index (χ1) is 18.1. The van der Waals surface area contributed by atoms with Gasteiger partial charge in [-0.15, -0.1) is 0 Å². The highest BCUT2D eigenvalue weighted by Gasteiger charge is 2.27. The fourth-order valence-corrected chi connectivity index (χ4v) is 5.87. The zero-order chi connectivity index (χ0) is 26.0. The molecule has 4 rings (SSSR count). The molecule has 0 saturated carbocycles. The molecular formula is C32H45N3O2. The third kappa shape index (κ3) is 7.37. The van der Waals surface area contributed by atoms with Crippen LogP contribution in [0.4, 0.5) is 11.4 Å². The largest absolute Gasteiger partial charge is 0.371 e. The summed E-state index contributed by atoms with van der Waals surface area (Å²) in [5.74, 6) is 0.870. The van der Waals surface area contributed by atoms with E-state index in [2.05, 4.69) is 60.5 Å². The maximum Gasteiger partial charge on any atom is 0.256 e. The van der Waals surface area contributed by atoms with E-state index >= 15 is 0 Å². The van der Waals surface area contributed by atoms with Crippen molar-refractivity contribution in [1.29, 1.82) is 0 Å². The molecular weight excluding hydrogens is 458 g/mol. The number of benzene rings is 2. The second-order valence-corrected chi connectivity index (χ2v) is 10.9. The first kappa shape index (κ1) is 27.2. The minimum Gasteiger partial charge on any atom is -0.371 e. The van der Waals surface area contributed by atoms with E-state index in [-0.39, 0.29) is 17.7 Å². The molecule has 0 bridgehead atoms. The summed E-state index contributed by atoms with van der Waals surface area (Å²) >= 11 is 0. The molecule has 2 saturated heterocycles. The van der Waals surface area contributed by atoms with Crippen LogP contribution >= 0.6 is 0 Å². The Hall–Kier alpha value is -2.82. The molecule has 0 spiro atoms. The van der Waals surface area contributed by atoms with Crippen molar-refractivity contribution in [2.24, 2.45) is 11.8 Å². The van der Waals surface area contributed by atoms with Crippen molar-refractivity contribution in [1.82, 2.24) is 4.90 Å². The fourth-order valence-electron chi connectivity index (χ4n) is 5.87. The van der Waals surface area contributed by atoms with E-state index in [9.17, 15) is 9.59 Å². The number of unbranched alkanes of at least 4 members (excludes halogenated alkanes) is 1. The highest BCUT2D eigenvalue weighted by atomic mass is 16.2. The smallest absolute Gasteiger partial charge is 0.256 e. The monoisotopic (exact) mass is 503 g/mol. The van der Waals surface area contributed by atoms with Crippen molar-refractivity contribution < 1.29 is 9.59 Å². The van der Waals surface area contributed by atoms with E-state index < -0.39 is 0 Å². The number of rotatable bonds is 10. The SMILES string of the molecule is CCCCC(CC)C(=O)Nc1ccc(N2CCC(Cc3ccccc3)CC2)c(C(=O)N2CCCCC2)c1. The van der Waals surface area contributed by atoms with Crippen LogP contribution in [0.1, 0.15) is 87.6 Å². The number of hydrogen-bond acceptors (Lipinski definition) is 3. The van der Waals surface area contributed by atoms with E-state index in [1.54, 1.807) is 0 Å². The van der Waals surface area contributed by atoms with Crippen molar-refractivity contribution in [2.75, 3.05) is 36.4 Å². The molecule has 2 amide bonds. The van der Waals surface area contributed by atoms with Crippen LogP contribution < -0.4 is 10.2 Å². The van der Waals surface area contributed by atoms with Gasteiger partial charge in [0, 0.05) is 43.5 Å². The van der Waals surface area contributed by atoms with Gasteiger partial charge in [0.05, 0.1) is 5.56 Å². The van der Waals surface area contributed by atoms with Crippen LogP contribution in [0.2, 0.25) is 0 Å². The van der Waals surface area contributed by atoms with Gasteiger partial charge in [-0.1, -0.05) is 57.0 Å². The van der Waals surface area contributed by atoms with Crippen LogP contribution in [-0.4, -0.2) is 42.9 Å². The van der Waals surface area contributed by atoms with Crippen LogP contribution in [0.15, 0.2) is 48.5 Å². The molecule has 5 nitrogen and oxygen atoms in total. The molecule has 37 heavy (non-hydrogen) atoms. The summed E-state index contributed by atoms with van der Waals surface area (Å²) in [4.78, 5) is 31.1. The highest BCUT2D eigenvalue weighted by Crippen LogP contribution is 2.32. The lowest BCUT2D eigenvalue weighted by Crippen LogP contribution is -2.39. The molecule has 2 aromatic rings. The predicted molar refractivity (Wildman–Crippen MR) is 153 cm³/mol. The van der Waals surface area contributed by atoms with Crippen molar-refractivity contribution >= 4 is 23.2 Å².